The lowest BCUT2D eigenvalue weighted by molar-refractivity contribution is -0.122. The summed E-state index contributed by atoms with van der Waals surface area (Å²) in [5.41, 5.74) is 1.86. The van der Waals surface area contributed by atoms with Crippen molar-refractivity contribution >= 4 is 39.0 Å². The van der Waals surface area contributed by atoms with Crippen LogP contribution in [0.15, 0.2) is 17.8 Å². The predicted molar refractivity (Wildman–Crippen MR) is 92.5 cm³/mol. The molecule has 126 valence electrons. The molecule has 9 heteroatoms. The maximum Gasteiger partial charge on any atom is 0.241 e. The third kappa shape index (κ3) is 3.52. The molecule has 8 nitrogen and oxygen atoms in total. The molecular formula is C15H18N6O2S. The molecule has 3 aromatic heterocycles. The van der Waals surface area contributed by atoms with Gasteiger partial charge in [-0.3, -0.25) is 9.48 Å². The first-order valence-electron chi connectivity index (χ1n) is 7.46. The largest absolute Gasteiger partial charge is 0.395 e. The lowest BCUT2D eigenvalue weighted by Crippen LogP contribution is -2.30. The minimum atomic E-state index is -0.201. The van der Waals surface area contributed by atoms with Gasteiger partial charge in [0.25, 0.3) is 0 Å². The van der Waals surface area contributed by atoms with E-state index in [9.17, 15) is 4.79 Å². The number of thiophene rings is 1. The summed E-state index contributed by atoms with van der Waals surface area (Å²) >= 11 is 1.59. The van der Waals surface area contributed by atoms with Crippen molar-refractivity contribution in [1.29, 1.82) is 0 Å². The summed E-state index contributed by atoms with van der Waals surface area (Å²) in [6, 6.07) is 0. The number of aryl methyl sites for hydroxylation is 2. The number of nitrogens with one attached hydrogen (secondary N) is 2. The van der Waals surface area contributed by atoms with Gasteiger partial charge in [0.05, 0.1) is 23.9 Å². The van der Waals surface area contributed by atoms with E-state index in [0.29, 0.717) is 5.82 Å². The maximum atomic E-state index is 11.6. The molecule has 0 saturated heterocycles. The van der Waals surface area contributed by atoms with Crippen LogP contribution in [0.4, 0.5) is 11.5 Å². The van der Waals surface area contributed by atoms with Gasteiger partial charge < -0.3 is 15.7 Å². The highest BCUT2D eigenvalue weighted by Gasteiger charge is 2.12. The quantitative estimate of drug-likeness (QED) is 0.622. The molecule has 24 heavy (non-hydrogen) atoms. The molecule has 0 atom stereocenters. The topological polar surface area (TPSA) is 105 Å². The van der Waals surface area contributed by atoms with E-state index in [4.69, 9.17) is 5.11 Å². The van der Waals surface area contributed by atoms with Crippen LogP contribution in [0.5, 0.6) is 0 Å². The number of hydrogen-bond acceptors (Lipinski definition) is 7. The lowest BCUT2D eigenvalue weighted by Gasteiger charge is -2.06. The first-order valence-corrected chi connectivity index (χ1v) is 8.34. The van der Waals surface area contributed by atoms with E-state index in [1.165, 1.54) is 4.68 Å². The Hall–Kier alpha value is -2.52. The van der Waals surface area contributed by atoms with Gasteiger partial charge in [0.15, 0.2) is 0 Å². The van der Waals surface area contributed by atoms with Gasteiger partial charge in [0.2, 0.25) is 5.91 Å². The molecular weight excluding hydrogens is 328 g/mol. The van der Waals surface area contributed by atoms with E-state index in [0.717, 1.165) is 27.3 Å². The number of aliphatic hydroxyl groups excluding tert-OH is 1. The van der Waals surface area contributed by atoms with Crippen molar-refractivity contribution in [3.8, 4) is 0 Å². The normalized spacial score (nSPS) is 11.0. The predicted octanol–water partition coefficient (Wildman–Crippen LogP) is 1.36. The highest BCUT2D eigenvalue weighted by Crippen LogP contribution is 2.30. The molecule has 1 amide bonds. The van der Waals surface area contributed by atoms with Gasteiger partial charge in [-0.15, -0.1) is 11.3 Å². The number of anilines is 2. The van der Waals surface area contributed by atoms with Gasteiger partial charge >= 0.3 is 0 Å². The van der Waals surface area contributed by atoms with Crippen molar-refractivity contribution in [2.75, 3.05) is 18.5 Å². The van der Waals surface area contributed by atoms with Crippen LogP contribution in [0.2, 0.25) is 0 Å². The van der Waals surface area contributed by atoms with Gasteiger partial charge in [-0.2, -0.15) is 5.10 Å². The zero-order chi connectivity index (χ0) is 17.1. The van der Waals surface area contributed by atoms with Crippen molar-refractivity contribution in [3.05, 3.63) is 29.2 Å². The van der Waals surface area contributed by atoms with E-state index in [-0.39, 0.29) is 25.6 Å². The van der Waals surface area contributed by atoms with Crippen molar-refractivity contribution in [2.24, 2.45) is 0 Å². The third-order valence-electron chi connectivity index (χ3n) is 3.36. The number of carbonyl (C=O) groups is 1. The van der Waals surface area contributed by atoms with E-state index < -0.39 is 0 Å². The summed E-state index contributed by atoms with van der Waals surface area (Å²) in [5.74, 6) is 1.23. The van der Waals surface area contributed by atoms with E-state index >= 15 is 0 Å². The van der Waals surface area contributed by atoms with Crippen LogP contribution in [0.3, 0.4) is 0 Å². The number of rotatable bonds is 6. The first-order chi connectivity index (χ1) is 11.6. The Morgan fingerprint density at radius 2 is 2.21 bits per heavy atom. The van der Waals surface area contributed by atoms with E-state index in [1.807, 2.05) is 13.8 Å². The van der Waals surface area contributed by atoms with Gasteiger partial charge in [-0.1, -0.05) is 0 Å². The number of hydrogen-bond donors (Lipinski definition) is 3. The van der Waals surface area contributed by atoms with Gasteiger partial charge in [-0.05, 0) is 24.8 Å². The molecule has 3 heterocycles. The number of amides is 1. The molecule has 0 aliphatic carbocycles. The van der Waals surface area contributed by atoms with Crippen molar-refractivity contribution in [1.82, 2.24) is 25.1 Å². The monoisotopic (exact) mass is 346 g/mol. The Balaban J connectivity index is 1.78. The Morgan fingerprint density at radius 3 is 3.00 bits per heavy atom. The first kappa shape index (κ1) is 16.3. The SMILES string of the molecule is Cc1nc(Nc2cnn(CC(=O)NCCO)c2)c2c(C)csc2n1. The van der Waals surface area contributed by atoms with Gasteiger partial charge in [0, 0.05) is 12.7 Å². The van der Waals surface area contributed by atoms with Gasteiger partial charge in [0.1, 0.15) is 23.0 Å². The third-order valence-corrected chi connectivity index (χ3v) is 4.35. The summed E-state index contributed by atoms with van der Waals surface area (Å²) in [6.07, 6.45) is 3.38. The standard InChI is InChI=1S/C15H18N6O2S/c1-9-8-24-15-13(9)14(18-10(2)19-15)20-11-5-17-21(6-11)7-12(23)16-3-4-22/h5-6,8,22H,3-4,7H2,1-2H3,(H,16,23)(H,18,19,20). The summed E-state index contributed by atoms with van der Waals surface area (Å²) < 4.78 is 1.53. The second-order valence-corrected chi connectivity index (χ2v) is 6.20. The average molecular weight is 346 g/mol. The van der Waals surface area contributed by atoms with Crippen molar-refractivity contribution in [2.45, 2.75) is 20.4 Å². The second kappa shape index (κ2) is 6.93. The highest BCUT2D eigenvalue weighted by atomic mass is 32.1. The molecule has 3 N–H and O–H groups in total. The van der Waals surface area contributed by atoms with Crippen LogP contribution >= 0.6 is 11.3 Å². The summed E-state index contributed by atoms with van der Waals surface area (Å²) in [5, 5.41) is 21.8. The molecule has 3 rings (SSSR count). The molecule has 0 saturated carbocycles. The molecule has 0 aliphatic rings. The fourth-order valence-electron chi connectivity index (χ4n) is 2.33. The van der Waals surface area contributed by atoms with Crippen LogP contribution in [-0.4, -0.2) is 43.9 Å². The van der Waals surface area contributed by atoms with E-state index in [1.54, 1.807) is 23.7 Å². The minimum absolute atomic E-state index is 0.0826. The van der Waals surface area contributed by atoms with E-state index in [2.05, 4.69) is 31.1 Å². The second-order valence-electron chi connectivity index (χ2n) is 5.34. The van der Waals surface area contributed by atoms with Crippen LogP contribution in [-0.2, 0) is 11.3 Å². The molecule has 0 bridgehead atoms. The molecule has 0 fully saturated rings. The number of aliphatic hydroxyl groups is 1. The number of fused-ring (bicyclic) bond motifs is 1. The van der Waals surface area contributed by atoms with Gasteiger partial charge in [-0.25, -0.2) is 9.97 Å². The smallest absolute Gasteiger partial charge is 0.241 e. The fourth-order valence-corrected chi connectivity index (χ4v) is 3.30. The number of nitrogens with zero attached hydrogens (tertiary/aromatic N) is 4. The highest BCUT2D eigenvalue weighted by molar-refractivity contribution is 7.17. The zero-order valence-corrected chi connectivity index (χ0v) is 14.2. The summed E-state index contributed by atoms with van der Waals surface area (Å²) in [6.45, 7) is 4.13. The Morgan fingerprint density at radius 1 is 1.38 bits per heavy atom. The minimum Gasteiger partial charge on any atom is -0.395 e. The van der Waals surface area contributed by atoms with Crippen molar-refractivity contribution < 1.29 is 9.90 Å². The maximum absolute atomic E-state index is 11.6. The average Bonchev–Trinajstić information content (AvgIpc) is 3.12. The molecule has 3 aromatic rings. The van der Waals surface area contributed by atoms with Crippen molar-refractivity contribution in [3.63, 3.8) is 0 Å². The Labute approximate surface area is 142 Å². The summed E-state index contributed by atoms with van der Waals surface area (Å²) in [4.78, 5) is 21.5. The molecule has 0 unspecified atom stereocenters. The number of carbonyl (C=O) groups excluding carboxylic acids is 1. The zero-order valence-electron chi connectivity index (χ0n) is 13.4. The molecule has 0 radical (unpaired) electrons. The van der Waals surface area contributed by atoms with Crippen LogP contribution in [0.25, 0.3) is 10.2 Å². The molecule has 0 spiro atoms. The Kier molecular flexibility index (Phi) is 4.72. The molecule has 0 aliphatic heterocycles. The van der Waals surface area contributed by atoms with Crippen LogP contribution in [0, 0.1) is 13.8 Å². The Bertz CT molecular complexity index is 872. The lowest BCUT2D eigenvalue weighted by atomic mass is 10.2. The molecule has 0 aromatic carbocycles. The fraction of sp³-hybridized carbons (Fsp3) is 0.333. The van der Waals surface area contributed by atoms with Crippen LogP contribution in [0.1, 0.15) is 11.4 Å². The number of aromatic nitrogens is 4. The van der Waals surface area contributed by atoms with Crippen LogP contribution < -0.4 is 10.6 Å². The summed E-state index contributed by atoms with van der Waals surface area (Å²) in [7, 11) is 0.